The largest absolute Gasteiger partial charge is 0.496 e. The van der Waals surface area contributed by atoms with Gasteiger partial charge < -0.3 is 4.74 Å². The Morgan fingerprint density at radius 2 is 1.78 bits per heavy atom. The van der Waals surface area contributed by atoms with Gasteiger partial charge in [0, 0.05) is 5.56 Å². The second-order valence-corrected chi connectivity index (χ2v) is 4.45. The molecule has 0 spiro atoms. The lowest BCUT2D eigenvalue weighted by molar-refractivity contribution is 0.112. The highest BCUT2D eigenvalue weighted by atomic mass is 35.5. The Morgan fingerprint density at radius 1 is 1.11 bits per heavy atom. The van der Waals surface area contributed by atoms with Crippen molar-refractivity contribution in [2.75, 3.05) is 7.11 Å². The fraction of sp³-hybridized carbons (Fsp3) is 0.133. The number of aryl methyl sites for hydroxylation is 1. The molecule has 0 atom stereocenters. The fourth-order valence-corrected chi connectivity index (χ4v) is 2.03. The molecule has 0 N–H and O–H groups in total. The zero-order valence-electron chi connectivity index (χ0n) is 10.2. The Bertz CT molecular complexity index is 591. The van der Waals surface area contributed by atoms with E-state index in [2.05, 4.69) is 0 Å². The van der Waals surface area contributed by atoms with E-state index in [1.807, 2.05) is 31.2 Å². The zero-order chi connectivity index (χ0) is 13.1. The van der Waals surface area contributed by atoms with Gasteiger partial charge >= 0.3 is 0 Å². The lowest BCUT2D eigenvalue weighted by Gasteiger charge is -2.08. The molecule has 0 heterocycles. The van der Waals surface area contributed by atoms with Gasteiger partial charge in [-0.3, -0.25) is 4.79 Å². The van der Waals surface area contributed by atoms with E-state index in [0.717, 1.165) is 28.7 Å². The third-order valence-corrected chi connectivity index (χ3v) is 3.20. The van der Waals surface area contributed by atoms with Crippen LogP contribution in [0.5, 0.6) is 5.75 Å². The predicted octanol–water partition coefficient (Wildman–Crippen LogP) is 4.14. The van der Waals surface area contributed by atoms with Crippen LogP contribution in [0.3, 0.4) is 0 Å². The van der Waals surface area contributed by atoms with E-state index in [-0.39, 0.29) is 0 Å². The minimum absolute atomic E-state index is 0.471. The average Bonchev–Trinajstić information content (AvgIpc) is 2.39. The monoisotopic (exact) mass is 260 g/mol. The molecule has 0 saturated heterocycles. The van der Waals surface area contributed by atoms with Crippen LogP contribution in [0.25, 0.3) is 11.1 Å². The minimum Gasteiger partial charge on any atom is -0.496 e. The molecule has 2 rings (SSSR count). The standard InChI is InChI=1S/C15H13ClO2/c1-10-7-11(4-6-15(10)18-2)12-3-5-14(16)13(8-12)9-17/h3-9H,1-2H3. The summed E-state index contributed by atoms with van der Waals surface area (Å²) in [7, 11) is 1.65. The summed E-state index contributed by atoms with van der Waals surface area (Å²) in [4.78, 5) is 10.9. The van der Waals surface area contributed by atoms with Crippen LogP contribution in [0.1, 0.15) is 15.9 Å². The van der Waals surface area contributed by atoms with E-state index < -0.39 is 0 Å². The van der Waals surface area contributed by atoms with Crippen LogP contribution in [0.2, 0.25) is 5.02 Å². The van der Waals surface area contributed by atoms with Crippen LogP contribution in [0.15, 0.2) is 36.4 Å². The summed E-state index contributed by atoms with van der Waals surface area (Å²) in [6.07, 6.45) is 0.766. The lowest BCUT2D eigenvalue weighted by atomic mass is 10.0. The summed E-state index contributed by atoms with van der Waals surface area (Å²) in [6, 6.07) is 11.3. The lowest BCUT2D eigenvalue weighted by Crippen LogP contribution is -1.89. The molecule has 0 unspecified atom stereocenters. The molecular weight excluding hydrogens is 248 g/mol. The SMILES string of the molecule is COc1ccc(-c2ccc(Cl)c(C=O)c2)cc1C. The third kappa shape index (κ3) is 2.39. The molecule has 18 heavy (non-hydrogen) atoms. The molecule has 0 bridgehead atoms. The van der Waals surface area contributed by atoms with Crippen molar-refractivity contribution in [3.8, 4) is 16.9 Å². The van der Waals surface area contributed by atoms with Gasteiger partial charge in [-0.15, -0.1) is 0 Å². The van der Waals surface area contributed by atoms with E-state index in [1.165, 1.54) is 0 Å². The van der Waals surface area contributed by atoms with Crippen molar-refractivity contribution in [3.05, 3.63) is 52.5 Å². The average molecular weight is 261 g/mol. The Kier molecular flexibility index (Phi) is 3.68. The van der Waals surface area contributed by atoms with Gasteiger partial charge in [-0.1, -0.05) is 23.7 Å². The van der Waals surface area contributed by atoms with Gasteiger partial charge in [0.05, 0.1) is 12.1 Å². The first-order valence-electron chi connectivity index (χ1n) is 5.55. The van der Waals surface area contributed by atoms with Gasteiger partial charge in [-0.05, 0) is 47.9 Å². The van der Waals surface area contributed by atoms with E-state index in [9.17, 15) is 4.79 Å². The summed E-state index contributed by atoms with van der Waals surface area (Å²) >= 11 is 5.91. The number of hydrogen-bond acceptors (Lipinski definition) is 2. The number of benzene rings is 2. The molecule has 2 aromatic rings. The molecule has 2 nitrogen and oxygen atoms in total. The molecule has 0 radical (unpaired) electrons. The number of carbonyl (C=O) groups excluding carboxylic acids is 1. The van der Waals surface area contributed by atoms with Gasteiger partial charge in [-0.25, -0.2) is 0 Å². The smallest absolute Gasteiger partial charge is 0.151 e. The molecule has 0 aliphatic carbocycles. The Morgan fingerprint density at radius 3 is 2.39 bits per heavy atom. The summed E-state index contributed by atoms with van der Waals surface area (Å²) in [5, 5.41) is 0.471. The maximum absolute atomic E-state index is 10.9. The summed E-state index contributed by atoms with van der Waals surface area (Å²) in [5.41, 5.74) is 3.56. The molecule has 0 saturated carbocycles. The quantitative estimate of drug-likeness (QED) is 0.776. The summed E-state index contributed by atoms with van der Waals surface area (Å²) in [5.74, 6) is 0.850. The highest BCUT2D eigenvalue weighted by Gasteiger charge is 2.05. The molecule has 0 aliphatic rings. The molecule has 2 aromatic carbocycles. The van der Waals surface area contributed by atoms with E-state index in [4.69, 9.17) is 16.3 Å². The van der Waals surface area contributed by atoms with Crippen molar-refractivity contribution >= 4 is 17.9 Å². The topological polar surface area (TPSA) is 26.3 Å². The van der Waals surface area contributed by atoms with Crippen molar-refractivity contribution in [1.29, 1.82) is 0 Å². The number of rotatable bonds is 3. The second-order valence-electron chi connectivity index (χ2n) is 4.04. The number of hydrogen-bond donors (Lipinski definition) is 0. The first kappa shape index (κ1) is 12.7. The number of aldehydes is 1. The summed E-state index contributed by atoms with van der Waals surface area (Å²) in [6.45, 7) is 1.99. The first-order chi connectivity index (χ1) is 8.65. The molecule has 0 aliphatic heterocycles. The number of methoxy groups -OCH3 is 1. The Hall–Kier alpha value is -1.80. The van der Waals surface area contributed by atoms with Crippen LogP contribution < -0.4 is 4.74 Å². The molecule has 0 aromatic heterocycles. The van der Waals surface area contributed by atoms with Gasteiger partial charge in [0.25, 0.3) is 0 Å². The molecular formula is C15H13ClO2. The second kappa shape index (κ2) is 5.23. The maximum Gasteiger partial charge on any atom is 0.151 e. The van der Waals surface area contributed by atoms with Gasteiger partial charge in [0.1, 0.15) is 5.75 Å². The molecule has 3 heteroatoms. The van der Waals surface area contributed by atoms with Gasteiger partial charge in [-0.2, -0.15) is 0 Å². The summed E-state index contributed by atoms with van der Waals surface area (Å²) < 4.78 is 5.22. The van der Waals surface area contributed by atoms with Crippen molar-refractivity contribution < 1.29 is 9.53 Å². The highest BCUT2D eigenvalue weighted by Crippen LogP contribution is 2.28. The van der Waals surface area contributed by atoms with Crippen molar-refractivity contribution in [2.45, 2.75) is 6.92 Å². The zero-order valence-corrected chi connectivity index (χ0v) is 11.0. The Labute approximate surface area is 111 Å². The molecule has 0 amide bonds. The maximum atomic E-state index is 10.9. The van der Waals surface area contributed by atoms with Crippen LogP contribution in [-0.2, 0) is 0 Å². The van der Waals surface area contributed by atoms with Gasteiger partial charge in [0.2, 0.25) is 0 Å². The minimum atomic E-state index is 0.471. The van der Waals surface area contributed by atoms with Crippen LogP contribution in [0.4, 0.5) is 0 Å². The van der Waals surface area contributed by atoms with Crippen molar-refractivity contribution in [2.24, 2.45) is 0 Å². The molecule has 92 valence electrons. The first-order valence-corrected chi connectivity index (χ1v) is 5.93. The third-order valence-electron chi connectivity index (χ3n) is 2.85. The number of ether oxygens (including phenoxy) is 1. The molecule has 0 fully saturated rings. The van der Waals surface area contributed by atoms with Gasteiger partial charge in [0.15, 0.2) is 6.29 Å². The number of halogens is 1. The highest BCUT2D eigenvalue weighted by molar-refractivity contribution is 6.33. The fourth-order valence-electron chi connectivity index (χ4n) is 1.87. The van der Waals surface area contributed by atoms with Crippen LogP contribution in [0, 0.1) is 6.92 Å². The van der Waals surface area contributed by atoms with Crippen LogP contribution >= 0.6 is 11.6 Å². The normalized spacial score (nSPS) is 10.2. The van der Waals surface area contributed by atoms with E-state index in [1.54, 1.807) is 19.2 Å². The van der Waals surface area contributed by atoms with Crippen molar-refractivity contribution in [3.63, 3.8) is 0 Å². The van der Waals surface area contributed by atoms with Crippen LogP contribution in [-0.4, -0.2) is 13.4 Å². The Balaban J connectivity index is 2.48. The number of carbonyl (C=O) groups is 1. The van der Waals surface area contributed by atoms with Crippen molar-refractivity contribution in [1.82, 2.24) is 0 Å². The predicted molar refractivity (Wildman–Crippen MR) is 73.6 cm³/mol. The van der Waals surface area contributed by atoms with E-state index in [0.29, 0.717) is 10.6 Å². The van der Waals surface area contributed by atoms with E-state index >= 15 is 0 Å².